The predicted molar refractivity (Wildman–Crippen MR) is 109 cm³/mol. The van der Waals surface area contributed by atoms with Gasteiger partial charge in [0.25, 0.3) is 5.91 Å². The second-order valence-electron chi connectivity index (χ2n) is 6.62. The number of imide groups is 1. The van der Waals surface area contributed by atoms with Gasteiger partial charge in [0.15, 0.2) is 6.10 Å². The second kappa shape index (κ2) is 9.13. The summed E-state index contributed by atoms with van der Waals surface area (Å²) in [5.74, 6) is -0.925. The molecule has 1 heterocycles. The van der Waals surface area contributed by atoms with Crippen LogP contribution in [0.1, 0.15) is 28.6 Å². The van der Waals surface area contributed by atoms with Gasteiger partial charge in [0.2, 0.25) is 5.76 Å². The first-order valence-corrected chi connectivity index (χ1v) is 9.29. The first-order chi connectivity index (χ1) is 14.4. The molecule has 0 unspecified atom stereocenters. The Hall–Kier alpha value is -3.81. The van der Waals surface area contributed by atoms with E-state index in [-0.39, 0.29) is 12.3 Å². The number of amides is 3. The molecule has 0 saturated carbocycles. The molecule has 8 nitrogen and oxygen atoms in total. The quantitative estimate of drug-likeness (QED) is 0.604. The van der Waals surface area contributed by atoms with Crippen LogP contribution in [-0.4, -0.2) is 31.1 Å². The fraction of sp³-hybridized carbons (Fsp3) is 0.227. The van der Waals surface area contributed by atoms with Crippen molar-refractivity contribution in [2.45, 2.75) is 26.5 Å². The van der Waals surface area contributed by atoms with Crippen LogP contribution >= 0.6 is 0 Å². The second-order valence-corrected chi connectivity index (χ2v) is 6.62. The zero-order chi connectivity index (χ0) is 21.7. The van der Waals surface area contributed by atoms with E-state index in [1.165, 1.54) is 6.92 Å². The lowest BCUT2D eigenvalue weighted by molar-refractivity contribution is -0.128. The highest BCUT2D eigenvalue weighted by molar-refractivity contribution is 6.00. The zero-order valence-corrected chi connectivity index (χ0v) is 16.9. The minimum atomic E-state index is -1.19. The van der Waals surface area contributed by atoms with Gasteiger partial charge < -0.3 is 19.2 Å². The molecule has 1 atom stereocenters. The lowest BCUT2D eigenvalue weighted by atomic mass is 10.1. The van der Waals surface area contributed by atoms with Crippen LogP contribution in [0.15, 0.2) is 52.9 Å². The van der Waals surface area contributed by atoms with E-state index < -0.39 is 24.0 Å². The Labute approximate surface area is 173 Å². The van der Waals surface area contributed by atoms with Gasteiger partial charge in [-0.25, -0.2) is 9.59 Å². The molecule has 156 valence electrons. The summed E-state index contributed by atoms with van der Waals surface area (Å²) >= 11 is 0. The van der Waals surface area contributed by atoms with Gasteiger partial charge in [-0.3, -0.25) is 10.1 Å². The number of aryl methyl sites for hydroxylation is 1. The normalized spacial score (nSPS) is 11.6. The van der Waals surface area contributed by atoms with Gasteiger partial charge in [-0.05, 0) is 37.6 Å². The first kappa shape index (κ1) is 20.9. The number of urea groups is 1. The number of nitrogens with one attached hydrogen (secondary N) is 2. The Kier molecular flexibility index (Phi) is 6.36. The van der Waals surface area contributed by atoms with E-state index in [0.29, 0.717) is 22.3 Å². The van der Waals surface area contributed by atoms with Crippen molar-refractivity contribution in [2.24, 2.45) is 0 Å². The standard InChI is InChI=1S/C22H22N2O6/c1-13-17-11-16(28-3)9-10-18(17)30-19(13)21(26)29-14(2)20(25)24-22(27)23-12-15-7-5-4-6-8-15/h4-11,14H,12H2,1-3H3,(H2,23,24,25,27)/t14-/m1/s1. The molecule has 0 radical (unpaired) electrons. The summed E-state index contributed by atoms with van der Waals surface area (Å²) in [5.41, 5.74) is 1.95. The highest BCUT2D eigenvalue weighted by atomic mass is 16.6. The highest BCUT2D eigenvalue weighted by Crippen LogP contribution is 2.29. The maximum atomic E-state index is 12.5. The molecule has 3 aromatic rings. The van der Waals surface area contributed by atoms with Crippen LogP contribution in [0.25, 0.3) is 11.0 Å². The average Bonchev–Trinajstić information content (AvgIpc) is 3.08. The summed E-state index contributed by atoms with van der Waals surface area (Å²) in [5, 5.41) is 5.42. The van der Waals surface area contributed by atoms with Crippen molar-refractivity contribution in [1.29, 1.82) is 0 Å². The SMILES string of the molecule is COc1ccc2oc(C(=O)O[C@H](C)C(=O)NC(=O)NCc3ccccc3)c(C)c2c1. The van der Waals surface area contributed by atoms with E-state index >= 15 is 0 Å². The summed E-state index contributed by atoms with van der Waals surface area (Å²) in [6.45, 7) is 3.35. The number of hydrogen-bond donors (Lipinski definition) is 2. The summed E-state index contributed by atoms with van der Waals surface area (Å²) in [4.78, 5) is 36.6. The Morgan fingerprint density at radius 3 is 2.53 bits per heavy atom. The molecule has 0 aliphatic carbocycles. The topological polar surface area (TPSA) is 107 Å². The van der Waals surface area contributed by atoms with E-state index in [2.05, 4.69) is 10.6 Å². The smallest absolute Gasteiger partial charge is 0.375 e. The summed E-state index contributed by atoms with van der Waals surface area (Å²) in [6, 6.07) is 13.7. The molecule has 1 aromatic heterocycles. The van der Waals surface area contributed by atoms with E-state index in [1.54, 1.807) is 32.2 Å². The minimum Gasteiger partial charge on any atom is -0.497 e. The van der Waals surface area contributed by atoms with E-state index in [4.69, 9.17) is 13.9 Å². The molecule has 0 saturated heterocycles. The molecule has 0 aliphatic heterocycles. The van der Waals surface area contributed by atoms with E-state index in [0.717, 1.165) is 5.56 Å². The Balaban J connectivity index is 1.58. The number of hydrogen-bond acceptors (Lipinski definition) is 6. The van der Waals surface area contributed by atoms with Gasteiger partial charge in [0, 0.05) is 17.5 Å². The molecule has 3 rings (SSSR count). The molecule has 0 aliphatic rings. The number of rotatable bonds is 6. The van der Waals surface area contributed by atoms with Crippen LogP contribution in [0.3, 0.4) is 0 Å². The number of benzene rings is 2. The molecule has 2 N–H and O–H groups in total. The number of esters is 1. The third-order valence-corrected chi connectivity index (χ3v) is 4.51. The molecule has 2 aromatic carbocycles. The predicted octanol–water partition coefficient (Wildman–Crippen LogP) is 3.32. The third-order valence-electron chi connectivity index (χ3n) is 4.51. The number of ether oxygens (including phenoxy) is 2. The maximum absolute atomic E-state index is 12.5. The summed E-state index contributed by atoms with van der Waals surface area (Å²) in [7, 11) is 1.54. The van der Waals surface area contributed by atoms with Crippen LogP contribution in [0.4, 0.5) is 4.79 Å². The maximum Gasteiger partial charge on any atom is 0.375 e. The Morgan fingerprint density at radius 2 is 1.83 bits per heavy atom. The van der Waals surface area contributed by atoms with E-state index in [1.807, 2.05) is 30.3 Å². The van der Waals surface area contributed by atoms with Crippen LogP contribution in [0.2, 0.25) is 0 Å². The van der Waals surface area contributed by atoms with Gasteiger partial charge in [-0.1, -0.05) is 30.3 Å². The summed E-state index contributed by atoms with van der Waals surface area (Å²) < 4.78 is 15.9. The van der Waals surface area contributed by atoms with Gasteiger partial charge in [-0.2, -0.15) is 0 Å². The van der Waals surface area contributed by atoms with Crippen molar-refractivity contribution in [3.63, 3.8) is 0 Å². The van der Waals surface area contributed by atoms with Crippen LogP contribution < -0.4 is 15.4 Å². The summed E-state index contributed by atoms with van der Waals surface area (Å²) in [6.07, 6.45) is -1.19. The fourth-order valence-corrected chi connectivity index (χ4v) is 2.83. The van der Waals surface area contributed by atoms with Crippen LogP contribution in [0.5, 0.6) is 5.75 Å². The molecule has 0 bridgehead atoms. The third kappa shape index (κ3) is 4.78. The molecule has 30 heavy (non-hydrogen) atoms. The molecule has 3 amide bonds. The number of fused-ring (bicyclic) bond motifs is 1. The number of methoxy groups -OCH3 is 1. The molecule has 0 fully saturated rings. The van der Waals surface area contributed by atoms with Crippen molar-refractivity contribution in [1.82, 2.24) is 10.6 Å². The Bertz CT molecular complexity index is 1070. The van der Waals surface area contributed by atoms with Crippen LogP contribution in [0, 0.1) is 6.92 Å². The average molecular weight is 410 g/mol. The monoisotopic (exact) mass is 410 g/mol. The lowest BCUT2D eigenvalue weighted by Gasteiger charge is -2.13. The van der Waals surface area contributed by atoms with Gasteiger partial charge in [0.05, 0.1) is 7.11 Å². The lowest BCUT2D eigenvalue weighted by Crippen LogP contribution is -2.44. The van der Waals surface area contributed by atoms with Crippen molar-refractivity contribution in [3.05, 3.63) is 65.4 Å². The van der Waals surface area contributed by atoms with Gasteiger partial charge in [-0.15, -0.1) is 0 Å². The molecule has 8 heteroatoms. The van der Waals surface area contributed by atoms with Crippen molar-refractivity contribution in [3.8, 4) is 5.75 Å². The van der Waals surface area contributed by atoms with E-state index in [9.17, 15) is 14.4 Å². The molecule has 0 spiro atoms. The van der Waals surface area contributed by atoms with Crippen molar-refractivity contribution < 1.29 is 28.3 Å². The molecular formula is C22H22N2O6. The first-order valence-electron chi connectivity index (χ1n) is 9.29. The zero-order valence-electron chi connectivity index (χ0n) is 16.9. The number of carbonyl (C=O) groups is 3. The number of carbonyl (C=O) groups excluding carboxylic acids is 3. The fourth-order valence-electron chi connectivity index (χ4n) is 2.83. The largest absolute Gasteiger partial charge is 0.497 e. The molecular weight excluding hydrogens is 388 g/mol. The van der Waals surface area contributed by atoms with Gasteiger partial charge in [0.1, 0.15) is 11.3 Å². The van der Waals surface area contributed by atoms with Gasteiger partial charge >= 0.3 is 12.0 Å². The van der Waals surface area contributed by atoms with Crippen LogP contribution in [-0.2, 0) is 16.1 Å². The van der Waals surface area contributed by atoms with Crippen molar-refractivity contribution in [2.75, 3.05) is 7.11 Å². The minimum absolute atomic E-state index is 0.00793. The highest BCUT2D eigenvalue weighted by Gasteiger charge is 2.25. The van der Waals surface area contributed by atoms with Crippen molar-refractivity contribution >= 4 is 28.9 Å². The Morgan fingerprint density at radius 1 is 1.10 bits per heavy atom. The number of furan rings is 1.